The van der Waals surface area contributed by atoms with Crippen LogP contribution in [-0.4, -0.2) is 36.0 Å². The zero-order valence-electron chi connectivity index (χ0n) is 16.3. The normalized spacial score (nSPS) is 32.5. The Balaban J connectivity index is 1.62. The van der Waals surface area contributed by atoms with Crippen molar-refractivity contribution in [2.45, 2.75) is 42.8 Å². The molecule has 1 aliphatic carbocycles. The summed E-state index contributed by atoms with van der Waals surface area (Å²) in [4.78, 5) is 16.2. The van der Waals surface area contributed by atoms with Crippen molar-refractivity contribution in [1.29, 1.82) is 0 Å². The number of rotatable bonds is 3. The van der Waals surface area contributed by atoms with E-state index < -0.39 is 11.4 Å². The van der Waals surface area contributed by atoms with Crippen LogP contribution in [0.3, 0.4) is 0 Å². The second kappa shape index (κ2) is 6.67. The van der Waals surface area contributed by atoms with Crippen LogP contribution in [0.2, 0.25) is 10.0 Å². The van der Waals surface area contributed by atoms with E-state index in [4.69, 9.17) is 23.2 Å². The SMILES string of the molecule is O=C1Nc2cc(Cl)ccc2C12C(c1cccc(Cl)c1F)C1NCCC1N2CC1CC1. The van der Waals surface area contributed by atoms with E-state index in [0.717, 1.165) is 30.8 Å². The maximum atomic E-state index is 15.4. The predicted octanol–water partition coefficient (Wildman–Crippen LogP) is 4.52. The first-order valence-electron chi connectivity index (χ1n) is 10.6. The summed E-state index contributed by atoms with van der Waals surface area (Å²) in [6.45, 7) is 1.71. The average molecular weight is 446 g/mol. The van der Waals surface area contributed by atoms with Gasteiger partial charge in [0, 0.05) is 40.8 Å². The van der Waals surface area contributed by atoms with Crippen LogP contribution in [0.1, 0.15) is 36.3 Å². The molecule has 7 heteroatoms. The number of nitrogens with one attached hydrogen (secondary N) is 2. The summed E-state index contributed by atoms with van der Waals surface area (Å²) in [5, 5.41) is 7.32. The summed E-state index contributed by atoms with van der Waals surface area (Å²) in [6.07, 6.45) is 3.30. The van der Waals surface area contributed by atoms with E-state index in [2.05, 4.69) is 15.5 Å². The molecule has 6 rings (SSSR count). The van der Waals surface area contributed by atoms with Gasteiger partial charge in [0.05, 0.1) is 5.02 Å². The van der Waals surface area contributed by atoms with E-state index in [9.17, 15) is 4.79 Å². The third-order valence-electron chi connectivity index (χ3n) is 7.35. The zero-order valence-corrected chi connectivity index (χ0v) is 17.8. The van der Waals surface area contributed by atoms with E-state index in [0.29, 0.717) is 16.5 Å². The third-order valence-corrected chi connectivity index (χ3v) is 7.88. The summed E-state index contributed by atoms with van der Waals surface area (Å²) in [6, 6.07) is 10.8. The quantitative estimate of drug-likeness (QED) is 0.729. The van der Waals surface area contributed by atoms with E-state index in [1.165, 1.54) is 12.8 Å². The predicted molar refractivity (Wildman–Crippen MR) is 116 cm³/mol. The van der Waals surface area contributed by atoms with Gasteiger partial charge in [-0.1, -0.05) is 41.4 Å². The lowest BCUT2D eigenvalue weighted by atomic mass is 9.73. The molecule has 0 aromatic heterocycles. The third kappa shape index (κ3) is 2.49. The van der Waals surface area contributed by atoms with Gasteiger partial charge in [-0.05, 0) is 55.5 Å². The number of hydrogen-bond acceptors (Lipinski definition) is 3. The maximum Gasteiger partial charge on any atom is 0.250 e. The molecule has 2 aromatic rings. The van der Waals surface area contributed by atoms with Gasteiger partial charge >= 0.3 is 0 Å². The minimum atomic E-state index is -0.975. The summed E-state index contributed by atoms with van der Waals surface area (Å²) in [7, 11) is 0. The number of hydrogen-bond donors (Lipinski definition) is 2. The van der Waals surface area contributed by atoms with Crippen molar-refractivity contribution in [1.82, 2.24) is 10.2 Å². The Hall–Kier alpha value is -1.66. The number of carbonyl (C=O) groups is 1. The highest BCUT2D eigenvalue weighted by atomic mass is 35.5. The van der Waals surface area contributed by atoms with Gasteiger partial charge in [0.1, 0.15) is 11.4 Å². The van der Waals surface area contributed by atoms with Crippen molar-refractivity contribution >= 4 is 34.8 Å². The van der Waals surface area contributed by atoms with E-state index in [-0.39, 0.29) is 28.9 Å². The van der Waals surface area contributed by atoms with Crippen molar-refractivity contribution in [2.24, 2.45) is 5.92 Å². The fourth-order valence-electron chi connectivity index (χ4n) is 6.03. The molecule has 3 heterocycles. The highest BCUT2D eigenvalue weighted by Gasteiger charge is 2.68. The van der Waals surface area contributed by atoms with Gasteiger partial charge in [-0.15, -0.1) is 0 Å². The largest absolute Gasteiger partial charge is 0.324 e. The topological polar surface area (TPSA) is 44.4 Å². The van der Waals surface area contributed by atoms with Gasteiger partial charge in [0.15, 0.2) is 0 Å². The Morgan fingerprint density at radius 3 is 2.80 bits per heavy atom. The van der Waals surface area contributed by atoms with Gasteiger partial charge in [-0.3, -0.25) is 9.69 Å². The van der Waals surface area contributed by atoms with Crippen molar-refractivity contribution in [2.75, 3.05) is 18.4 Å². The molecule has 156 valence electrons. The van der Waals surface area contributed by atoms with Crippen LogP contribution >= 0.6 is 23.2 Å². The fraction of sp³-hybridized carbons (Fsp3) is 0.435. The number of benzene rings is 2. The lowest BCUT2D eigenvalue weighted by Crippen LogP contribution is -2.53. The van der Waals surface area contributed by atoms with Crippen LogP contribution in [0.4, 0.5) is 10.1 Å². The van der Waals surface area contributed by atoms with Gasteiger partial charge in [-0.2, -0.15) is 0 Å². The van der Waals surface area contributed by atoms with E-state index in [1.54, 1.807) is 24.3 Å². The molecule has 4 atom stereocenters. The summed E-state index contributed by atoms with van der Waals surface area (Å²) >= 11 is 12.4. The van der Waals surface area contributed by atoms with Crippen LogP contribution < -0.4 is 10.6 Å². The molecule has 3 fully saturated rings. The van der Waals surface area contributed by atoms with E-state index >= 15 is 4.39 Å². The molecule has 1 amide bonds. The number of amides is 1. The number of nitrogens with zero attached hydrogens (tertiary/aromatic N) is 1. The van der Waals surface area contributed by atoms with Gasteiger partial charge in [0.25, 0.3) is 0 Å². The van der Waals surface area contributed by atoms with Crippen LogP contribution in [0, 0.1) is 11.7 Å². The molecule has 3 aliphatic heterocycles. The molecule has 2 aromatic carbocycles. The summed E-state index contributed by atoms with van der Waals surface area (Å²) in [5.41, 5.74) is 1.14. The molecule has 2 N–H and O–H groups in total. The first kappa shape index (κ1) is 19.1. The highest BCUT2D eigenvalue weighted by molar-refractivity contribution is 6.31. The Kier molecular flexibility index (Phi) is 4.24. The van der Waals surface area contributed by atoms with Crippen LogP contribution in [0.5, 0.6) is 0 Å². The number of fused-ring (bicyclic) bond motifs is 3. The first-order chi connectivity index (χ1) is 14.5. The number of likely N-dealkylation sites (tertiary alicyclic amines) is 1. The molecule has 30 heavy (non-hydrogen) atoms. The second-order valence-corrected chi connectivity index (χ2v) is 9.81. The molecular weight excluding hydrogens is 424 g/mol. The van der Waals surface area contributed by atoms with Crippen molar-refractivity contribution in [3.63, 3.8) is 0 Å². The maximum absolute atomic E-state index is 15.4. The Labute approximate surface area is 184 Å². The highest BCUT2D eigenvalue weighted by Crippen LogP contribution is 2.59. The lowest BCUT2D eigenvalue weighted by molar-refractivity contribution is -0.128. The van der Waals surface area contributed by atoms with Crippen molar-refractivity contribution in [3.05, 3.63) is 63.4 Å². The average Bonchev–Trinajstić information content (AvgIpc) is 3.24. The monoisotopic (exact) mass is 445 g/mol. The van der Waals surface area contributed by atoms with Gasteiger partial charge in [0.2, 0.25) is 5.91 Å². The molecule has 4 aliphatic rings. The summed E-state index contributed by atoms with van der Waals surface area (Å²) < 4.78 is 15.4. The Morgan fingerprint density at radius 1 is 1.17 bits per heavy atom. The molecule has 4 nitrogen and oxygen atoms in total. The molecular formula is C23H22Cl2FN3O. The number of carbonyl (C=O) groups excluding carboxylic acids is 1. The van der Waals surface area contributed by atoms with Crippen LogP contribution in [0.15, 0.2) is 36.4 Å². The van der Waals surface area contributed by atoms with Crippen LogP contribution in [-0.2, 0) is 10.3 Å². The van der Waals surface area contributed by atoms with Crippen molar-refractivity contribution < 1.29 is 9.18 Å². The van der Waals surface area contributed by atoms with Gasteiger partial charge in [-0.25, -0.2) is 4.39 Å². The standard InChI is InChI=1S/C23H22Cl2FN3O/c24-13-6-7-15-17(10-13)28-22(30)23(15)19(14-2-1-3-16(25)20(14)26)21-18(8-9-27-21)29(23)11-12-4-5-12/h1-3,6-7,10,12,18-19,21,27H,4-5,8-9,11H2,(H,28,30). The minimum absolute atomic E-state index is 0.0240. The second-order valence-electron chi connectivity index (χ2n) is 8.96. The zero-order chi connectivity index (χ0) is 20.6. The smallest absolute Gasteiger partial charge is 0.250 e. The molecule has 0 radical (unpaired) electrons. The fourth-order valence-corrected chi connectivity index (χ4v) is 6.38. The Morgan fingerprint density at radius 2 is 2.00 bits per heavy atom. The van der Waals surface area contributed by atoms with Gasteiger partial charge < -0.3 is 10.6 Å². The van der Waals surface area contributed by atoms with Crippen LogP contribution in [0.25, 0.3) is 0 Å². The number of anilines is 1. The minimum Gasteiger partial charge on any atom is -0.324 e. The number of halogens is 3. The first-order valence-corrected chi connectivity index (χ1v) is 11.3. The Bertz CT molecular complexity index is 1060. The molecule has 2 saturated heterocycles. The summed E-state index contributed by atoms with van der Waals surface area (Å²) in [5.74, 6) is -0.319. The molecule has 1 saturated carbocycles. The molecule has 4 unspecified atom stereocenters. The van der Waals surface area contributed by atoms with Crippen molar-refractivity contribution in [3.8, 4) is 0 Å². The molecule has 1 spiro atoms. The molecule has 0 bridgehead atoms. The van der Waals surface area contributed by atoms with E-state index in [1.807, 2.05) is 12.1 Å². The lowest BCUT2D eigenvalue weighted by Gasteiger charge is -2.40.